The number of aromatic nitrogens is 4. The van der Waals surface area contributed by atoms with Crippen molar-refractivity contribution in [1.29, 1.82) is 0 Å². The molecule has 4 heterocycles. The zero-order chi connectivity index (χ0) is 37.6. The summed E-state index contributed by atoms with van der Waals surface area (Å²) in [5.74, 6) is -2.55. The first kappa shape index (κ1) is 40.1. The summed E-state index contributed by atoms with van der Waals surface area (Å²) in [6.45, 7) is 1.91. The predicted molar refractivity (Wildman–Crippen MR) is 178 cm³/mol. The molecular formula is C30H41N4O15PS. The summed E-state index contributed by atoms with van der Waals surface area (Å²) in [7, 11) is 0. The van der Waals surface area contributed by atoms with Crippen LogP contribution in [-0.2, 0) is 46.9 Å². The van der Waals surface area contributed by atoms with Crippen molar-refractivity contribution in [1.82, 2.24) is 19.1 Å². The summed E-state index contributed by atoms with van der Waals surface area (Å²) in [6, 6.07) is 0. The molecule has 0 aliphatic carbocycles. The minimum Gasteiger partial charge on any atom is -0.459 e. The van der Waals surface area contributed by atoms with Gasteiger partial charge in [0.2, 0.25) is 0 Å². The number of esters is 2. The van der Waals surface area contributed by atoms with Crippen LogP contribution in [0.15, 0.2) is 31.6 Å². The molecule has 3 N–H and O–H groups in total. The van der Waals surface area contributed by atoms with E-state index in [-0.39, 0.29) is 42.6 Å². The Morgan fingerprint density at radius 1 is 0.941 bits per heavy atom. The zero-order valence-corrected chi connectivity index (χ0v) is 30.3. The molecule has 51 heavy (non-hydrogen) atoms. The molecule has 4 rings (SSSR count). The number of aliphatic hydroxyl groups is 1. The Kier molecular flexibility index (Phi) is 13.6. The van der Waals surface area contributed by atoms with E-state index in [0.717, 1.165) is 9.13 Å². The lowest BCUT2D eigenvalue weighted by Gasteiger charge is -2.25. The first-order chi connectivity index (χ1) is 24.0. The Balaban J connectivity index is 1.58. The first-order valence-electron chi connectivity index (χ1n) is 16.0. The van der Waals surface area contributed by atoms with Crippen LogP contribution in [0.4, 0.5) is 0 Å². The maximum atomic E-state index is 14.3. The van der Waals surface area contributed by atoms with Crippen LogP contribution < -0.4 is 22.5 Å². The third-order valence-corrected chi connectivity index (χ3v) is 11.3. The molecule has 3 unspecified atom stereocenters. The number of hydrogen-bond acceptors (Lipinski definition) is 16. The van der Waals surface area contributed by atoms with E-state index in [1.165, 1.54) is 33.2 Å². The van der Waals surface area contributed by atoms with E-state index in [9.17, 15) is 43.2 Å². The van der Waals surface area contributed by atoms with Crippen molar-refractivity contribution in [2.75, 3.05) is 19.2 Å². The SMILES string of the molecule is CC(=O)CCC(=O)OC1C[C@H](n2cc(C)c(=O)[nH]c2=O)O[C@@H]1COP(=O)(OC1C[C@H](n2cc(C)c(=O)[nH]c2=O)O[C@@H]1CO)SCOC(=O)C(C)C. The van der Waals surface area contributed by atoms with E-state index in [1.807, 2.05) is 0 Å². The third-order valence-electron chi connectivity index (χ3n) is 7.96. The van der Waals surface area contributed by atoms with E-state index in [4.69, 9.17) is 28.0 Å². The topological polar surface area (TPSA) is 254 Å². The smallest absolute Gasteiger partial charge is 0.392 e. The number of carbonyl (C=O) groups excluding carboxylic acids is 3. The van der Waals surface area contributed by atoms with Gasteiger partial charge in [-0.25, -0.2) is 14.2 Å². The van der Waals surface area contributed by atoms with Crippen molar-refractivity contribution >= 4 is 35.9 Å². The quantitative estimate of drug-likeness (QED) is 0.122. The second-order valence-corrected chi connectivity index (χ2v) is 16.3. The molecule has 21 heteroatoms. The normalized spacial score (nSPS) is 24.4. The van der Waals surface area contributed by atoms with Gasteiger partial charge in [0.05, 0.1) is 25.6 Å². The van der Waals surface area contributed by atoms with Crippen molar-refractivity contribution < 1.29 is 52.1 Å². The molecule has 282 valence electrons. The lowest BCUT2D eigenvalue weighted by Crippen LogP contribution is -2.33. The molecular weight excluding hydrogens is 719 g/mol. The van der Waals surface area contributed by atoms with Crippen molar-refractivity contribution in [3.8, 4) is 0 Å². The Bertz CT molecular complexity index is 1890. The number of rotatable bonds is 16. The summed E-state index contributed by atoms with van der Waals surface area (Å²) in [6.07, 6.45) is -4.55. The molecule has 2 aromatic rings. The maximum Gasteiger partial charge on any atom is 0.392 e. The number of nitrogens with zero attached hydrogens (tertiary/aromatic N) is 2. The van der Waals surface area contributed by atoms with Gasteiger partial charge in [0, 0.05) is 54.2 Å². The average molecular weight is 761 g/mol. The lowest BCUT2D eigenvalue weighted by atomic mass is 10.1. The number of nitrogens with one attached hydrogen (secondary N) is 2. The second-order valence-electron chi connectivity index (χ2n) is 12.4. The minimum atomic E-state index is -4.39. The fourth-order valence-corrected chi connectivity index (χ4v) is 7.98. The number of ether oxygens (including phenoxy) is 4. The van der Waals surface area contributed by atoms with Crippen LogP contribution in [0.1, 0.15) is 70.0 Å². The van der Waals surface area contributed by atoms with Crippen LogP contribution in [0.25, 0.3) is 0 Å². The van der Waals surface area contributed by atoms with Crippen molar-refractivity contribution in [3.63, 3.8) is 0 Å². The molecule has 0 radical (unpaired) electrons. The molecule has 2 saturated heterocycles. The maximum absolute atomic E-state index is 14.3. The first-order valence-corrected chi connectivity index (χ1v) is 19.1. The fraction of sp³-hybridized carbons (Fsp3) is 0.633. The number of ketones is 1. The molecule has 0 aromatic carbocycles. The Labute approximate surface area is 294 Å². The number of aliphatic hydroxyl groups excluding tert-OH is 1. The number of carbonyl (C=O) groups is 3. The van der Waals surface area contributed by atoms with Crippen molar-refractivity contribution in [3.05, 3.63) is 65.2 Å². The van der Waals surface area contributed by atoms with Gasteiger partial charge in [-0.15, -0.1) is 0 Å². The van der Waals surface area contributed by atoms with Gasteiger partial charge in [0.25, 0.3) is 11.1 Å². The molecule has 0 bridgehead atoms. The highest BCUT2D eigenvalue weighted by molar-refractivity contribution is 8.55. The number of hydrogen-bond donors (Lipinski definition) is 3. The molecule has 0 amide bonds. The van der Waals surface area contributed by atoms with Gasteiger partial charge in [-0.05, 0) is 20.8 Å². The van der Waals surface area contributed by atoms with E-state index in [0.29, 0.717) is 11.4 Å². The number of Topliss-reactive ketones (excluding diaryl/α,β-unsaturated/α-hetero) is 1. The zero-order valence-electron chi connectivity index (χ0n) is 28.6. The van der Waals surface area contributed by atoms with E-state index in [1.54, 1.807) is 13.8 Å². The van der Waals surface area contributed by atoms with Gasteiger partial charge in [-0.1, -0.05) is 13.8 Å². The summed E-state index contributed by atoms with van der Waals surface area (Å²) in [4.78, 5) is 89.6. The monoisotopic (exact) mass is 760 g/mol. The Hall–Kier alpha value is -3.65. The van der Waals surface area contributed by atoms with Gasteiger partial charge in [0.15, 0.2) is 0 Å². The van der Waals surface area contributed by atoms with Gasteiger partial charge in [-0.2, -0.15) is 0 Å². The average Bonchev–Trinajstić information content (AvgIpc) is 3.65. The standard InChI is InChI=1S/C30H41N4O15PS/c1-15(2)28(40)44-14-51-50(43,49-20-9-24(46-21(20)12-35)34-11-17(4)27(39)32-30(34)42)45-13-22-19(48-25(37)7-6-18(5)36)8-23(47-22)33-10-16(3)26(38)31-29(33)41/h10-11,15,19-24,35H,6-9,12-14H2,1-5H3,(H,31,38,41)(H,32,39,42)/t19?,20?,21-,22-,23-,24-,50?/m1/s1. The van der Waals surface area contributed by atoms with Crippen molar-refractivity contribution in [2.24, 2.45) is 5.92 Å². The number of aryl methyl sites for hydroxylation is 2. The second kappa shape index (κ2) is 17.2. The molecule has 2 aromatic heterocycles. The Morgan fingerprint density at radius 3 is 2.02 bits per heavy atom. The molecule has 2 aliphatic heterocycles. The lowest BCUT2D eigenvalue weighted by molar-refractivity contribution is -0.153. The van der Waals surface area contributed by atoms with Crippen LogP contribution in [0, 0.1) is 19.8 Å². The van der Waals surface area contributed by atoms with Crippen LogP contribution in [0.5, 0.6) is 0 Å². The summed E-state index contributed by atoms with van der Waals surface area (Å²) in [5.41, 5.74) is -2.35. The summed E-state index contributed by atoms with van der Waals surface area (Å²) in [5, 5.41) is 10.1. The Morgan fingerprint density at radius 2 is 1.49 bits per heavy atom. The molecule has 19 nitrogen and oxygen atoms in total. The number of H-pyrrole nitrogens is 2. The highest BCUT2D eigenvalue weighted by Crippen LogP contribution is 2.63. The fourth-order valence-electron chi connectivity index (χ4n) is 5.14. The highest BCUT2D eigenvalue weighted by atomic mass is 32.7. The number of aromatic amines is 2. The van der Waals surface area contributed by atoms with E-state index >= 15 is 0 Å². The van der Waals surface area contributed by atoms with Crippen LogP contribution in [0.2, 0.25) is 0 Å². The summed E-state index contributed by atoms with van der Waals surface area (Å²) >= 11 is 0.506. The van der Waals surface area contributed by atoms with Gasteiger partial charge >= 0.3 is 30.1 Å². The van der Waals surface area contributed by atoms with Crippen LogP contribution in [0.3, 0.4) is 0 Å². The van der Waals surface area contributed by atoms with E-state index < -0.39 is 103 Å². The minimum absolute atomic E-state index is 0.0778. The molecule has 2 aliphatic rings. The summed E-state index contributed by atoms with van der Waals surface area (Å²) < 4.78 is 50.9. The largest absolute Gasteiger partial charge is 0.459 e. The predicted octanol–water partition coefficient (Wildman–Crippen LogP) is 0.952. The molecule has 0 spiro atoms. The molecule has 2 fully saturated rings. The van der Waals surface area contributed by atoms with Crippen LogP contribution >= 0.6 is 18.2 Å². The third kappa shape index (κ3) is 10.5. The highest BCUT2D eigenvalue weighted by Gasteiger charge is 2.45. The molecule has 0 saturated carbocycles. The van der Waals surface area contributed by atoms with Gasteiger partial charge in [0.1, 0.15) is 48.6 Å². The van der Waals surface area contributed by atoms with Crippen LogP contribution in [-0.4, -0.2) is 85.5 Å². The molecule has 7 atom stereocenters. The van der Waals surface area contributed by atoms with Gasteiger partial charge < -0.3 is 28.8 Å². The van der Waals surface area contributed by atoms with Gasteiger partial charge in [-0.3, -0.25) is 47.3 Å². The van der Waals surface area contributed by atoms with E-state index in [2.05, 4.69) is 9.97 Å². The van der Waals surface area contributed by atoms with Crippen molar-refractivity contribution in [2.45, 2.75) is 97.2 Å².